The number of amides is 1. The number of nitrogens with zero attached hydrogens (tertiary/aromatic N) is 1. The van der Waals surface area contributed by atoms with Crippen LogP contribution in [0.3, 0.4) is 0 Å². The van der Waals surface area contributed by atoms with Crippen molar-refractivity contribution in [2.75, 3.05) is 13.1 Å². The summed E-state index contributed by atoms with van der Waals surface area (Å²) in [5.74, 6) is 1.04. The first-order valence-electron chi connectivity index (χ1n) is 5.13. The minimum atomic E-state index is -0.0939. The average Bonchev–Trinajstić information content (AvgIpc) is 2.59. The third-order valence-electron chi connectivity index (χ3n) is 2.21. The van der Waals surface area contributed by atoms with Gasteiger partial charge in [-0.05, 0) is 32.9 Å². The topological polar surface area (TPSA) is 59.5 Å². The Labute approximate surface area is 90.0 Å². The zero-order valence-electron chi connectivity index (χ0n) is 9.49. The van der Waals surface area contributed by atoms with Crippen LogP contribution in [0.25, 0.3) is 0 Å². The second-order valence-electron chi connectivity index (χ2n) is 3.79. The summed E-state index contributed by atoms with van der Waals surface area (Å²) in [6, 6.07) is 3.61. The molecule has 0 aromatic carbocycles. The van der Waals surface area contributed by atoms with E-state index in [2.05, 4.69) is 0 Å². The maximum Gasteiger partial charge on any atom is 0.289 e. The van der Waals surface area contributed by atoms with Crippen molar-refractivity contribution >= 4 is 5.91 Å². The Balaban J connectivity index is 2.80. The first-order chi connectivity index (χ1) is 7.06. The van der Waals surface area contributed by atoms with Crippen LogP contribution in [0, 0.1) is 6.92 Å². The molecule has 84 valence electrons. The van der Waals surface area contributed by atoms with Crippen LogP contribution in [-0.4, -0.2) is 29.9 Å². The molecular formula is C11H18N2O2. The van der Waals surface area contributed by atoms with Crippen LogP contribution >= 0.6 is 0 Å². The third kappa shape index (κ3) is 2.83. The van der Waals surface area contributed by atoms with Gasteiger partial charge in [-0.1, -0.05) is 0 Å². The molecule has 1 heterocycles. The minimum Gasteiger partial charge on any atom is -0.456 e. The predicted octanol–water partition coefficient (Wildman–Crippen LogP) is 1.40. The van der Waals surface area contributed by atoms with E-state index in [4.69, 9.17) is 10.2 Å². The van der Waals surface area contributed by atoms with Gasteiger partial charge in [0.1, 0.15) is 5.76 Å². The maximum absolute atomic E-state index is 12.0. The summed E-state index contributed by atoms with van der Waals surface area (Å²) in [5, 5.41) is 0. The van der Waals surface area contributed by atoms with Gasteiger partial charge in [0.25, 0.3) is 5.91 Å². The summed E-state index contributed by atoms with van der Waals surface area (Å²) < 4.78 is 5.29. The molecule has 2 N–H and O–H groups in total. The van der Waals surface area contributed by atoms with Crippen LogP contribution in [0.2, 0.25) is 0 Å². The van der Waals surface area contributed by atoms with Gasteiger partial charge >= 0.3 is 0 Å². The predicted molar refractivity (Wildman–Crippen MR) is 58.7 cm³/mol. The summed E-state index contributed by atoms with van der Waals surface area (Å²) in [6.45, 7) is 6.76. The van der Waals surface area contributed by atoms with E-state index in [9.17, 15) is 4.79 Å². The Morgan fingerprint density at radius 2 is 2.20 bits per heavy atom. The fraction of sp³-hybridized carbons (Fsp3) is 0.545. The SMILES string of the molecule is Cc1ccc(C(=O)N(CCN)C(C)C)o1. The molecule has 0 spiro atoms. The van der Waals surface area contributed by atoms with Gasteiger partial charge in [0.05, 0.1) is 0 Å². The summed E-state index contributed by atoms with van der Waals surface area (Å²) in [5.41, 5.74) is 5.46. The summed E-state index contributed by atoms with van der Waals surface area (Å²) in [7, 11) is 0. The van der Waals surface area contributed by atoms with Crippen LogP contribution in [0.4, 0.5) is 0 Å². The molecule has 0 saturated carbocycles. The molecule has 0 aliphatic rings. The number of hydrogen-bond donors (Lipinski definition) is 1. The summed E-state index contributed by atoms with van der Waals surface area (Å²) >= 11 is 0. The van der Waals surface area contributed by atoms with E-state index in [0.29, 0.717) is 18.8 Å². The Bertz CT molecular complexity index is 331. The van der Waals surface area contributed by atoms with Gasteiger partial charge in [0.2, 0.25) is 0 Å². The summed E-state index contributed by atoms with van der Waals surface area (Å²) in [6.07, 6.45) is 0. The molecule has 1 amide bonds. The fourth-order valence-corrected chi connectivity index (χ4v) is 1.42. The molecule has 1 aromatic rings. The van der Waals surface area contributed by atoms with E-state index in [1.54, 1.807) is 17.0 Å². The van der Waals surface area contributed by atoms with Gasteiger partial charge in [-0.3, -0.25) is 4.79 Å². The average molecular weight is 210 g/mol. The van der Waals surface area contributed by atoms with Gasteiger partial charge in [-0.25, -0.2) is 0 Å². The summed E-state index contributed by atoms with van der Waals surface area (Å²) in [4.78, 5) is 13.7. The fourth-order valence-electron chi connectivity index (χ4n) is 1.42. The molecule has 0 fully saturated rings. The highest BCUT2D eigenvalue weighted by molar-refractivity contribution is 5.91. The van der Waals surface area contributed by atoms with Crippen molar-refractivity contribution in [1.29, 1.82) is 0 Å². The van der Waals surface area contributed by atoms with Crippen LogP contribution in [0.5, 0.6) is 0 Å². The number of furan rings is 1. The second kappa shape index (κ2) is 4.98. The van der Waals surface area contributed by atoms with Gasteiger partial charge in [-0.15, -0.1) is 0 Å². The van der Waals surface area contributed by atoms with Crippen molar-refractivity contribution in [1.82, 2.24) is 4.90 Å². The lowest BCUT2D eigenvalue weighted by Crippen LogP contribution is -2.40. The lowest BCUT2D eigenvalue weighted by molar-refractivity contribution is 0.0678. The highest BCUT2D eigenvalue weighted by Gasteiger charge is 2.20. The Morgan fingerprint density at radius 3 is 2.60 bits per heavy atom. The molecule has 4 nitrogen and oxygen atoms in total. The number of nitrogens with two attached hydrogens (primary N) is 1. The van der Waals surface area contributed by atoms with E-state index in [-0.39, 0.29) is 11.9 Å². The molecule has 1 rings (SSSR count). The van der Waals surface area contributed by atoms with Crippen molar-refractivity contribution in [3.8, 4) is 0 Å². The standard InChI is InChI=1S/C11H18N2O2/c1-8(2)13(7-6-12)11(14)10-5-4-9(3)15-10/h4-5,8H,6-7,12H2,1-3H3. The van der Waals surface area contributed by atoms with E-state index >= 15 is 0 Å². The normalized spacial score (nSPS) is 10.7. The number of carbonyl (C=O) groups excluding carboxylic acids is 1. The van der Waals surface area contributed by atoms with Crippen molar-refractivity contribution in [2.24, 2.45) is 5.73 Å². The minimum absolute atomic E-state index is 0.0939. The number of hydrogen-bond acceptors (Lipinski definition) is 3. The molecule has 4 heteroatoms. The van der Waals surface area contributed by atoms with Gasteiger partial charge < -0.3 is 15.1 Å². The lowest BCUT2D eigenvalue weighted by Gasteiger charge is -2.24. The molecule has 0 unspecified atom stereocenters. The van der Waals surface area contributed by atoms with Crippen molar-refractivity contribution in [2.45, 2.75) is 26.8 Å². The van der Waals surface area contributed by atoms with Crippen LogP contribution in [-0.2, 0) is 0 Å². The first kappa shape index (κ1) is 11.8. The van der Waals surface area contributed by atoms with Crippen LogP contribution in [0.15, 0.2) is 16.5 Å². The molecule has 1 aromatic heterocycles. The zero-order chi connectivity index (χ0) is 11.4. The number of rotatable bonds is 4. The van der Waals surface area contributed by atoms with Gasteiger partial charge in [0, 0.05) is 19.1 Å². The third-order valence-corrected chi connectivity index (χ3v) is 2.21. The van der Waals surface area contributed by atoms with Gasteiger partial charge in [0.15, 0.2) is 5.76 Å². The molecule has 0 aliphatic carbocycles. The maximum atomic E-state index is 12.0. The molecular weight excluding hydrogens is 192 g/mol. The van der Waals surface area contributed by atoms with E-state index in [1.165, 1.54) is 0 Å². The highest BCUT2D eigenvalue weighted by Crippen LogP contribution is 2.11. The van der Waals surface area contributed by atoms with Crippen molar-refractivity contribution in [3.63, 3.8) is 0 Å². The smallest absolute Gasteiger partial charge is 0.289 e. The van der Waals surface area contributed by atoms with E-state index < -0.39 is 0 Å². The van der Waals surface area contributed by atoms with E-state index in [0.717, 1.165) is 5.76 Å². The Hall–Kier alpha value is -1.29. The lowest BCUT2D eigenvalue weighted by atomic mass is 10.3. The quantitative estimate of drug-likeness (QED) is 0.817. The first-order valence-corrected chi connectivity index (χ1v) is 5.13. The van der Waals surface area contributed by atoms with Crippen molar-refractivity contribution < 1.29 is 9.21 Å². The van der Waals surface area contributed by atoms with Gasteiger partial charge in [-0.2, -0.15) is 0 Å². The largest absolute Gasteiger partial charge is 0.456 e. The van der Waals surface area contributed by atoms with Crippen LogP contribution < -0.4 is 5.73 Å². The number of carbonyl (C=O) groups is 1. The zero-order valence-corrected chi connectivity index (χ0v) is 9.49. The number of aryl methyl sites for hydroxylation is 1. The second-order valence-corrected chi connectivity index (χ2v) is 3.79. The molecule has 0 aliphatic heterocycles. The molecule has 15 heavy (non-hydrogen) atoms. The van der Waals surface area contributed by atoms with E-state index in [1.807, 2.05) is 20.8 Å². The van der Waals surface area contributed by atoms with Crippen molar-refractivity contribution in [3.05, 3.63) is 23.7 Å². The van der Waals surface area contributed by atoms with Crippen LogP contribution in [0.1, 0.15) is 30.2 Å². The molecule has 0 radical (unpaired) electrons. The monoisotopic (exact) mass is 210 g/mol. The molecule has 0 bridgehead atoms. The Kier molecular flexibility index (Phi) is 3.91. The molecule has 0 atom stereocenters. The molecule has 0 saturated heterocycles. The highest BCUT2D eigenvalue weighted by atomic mass is 16.3. The Morgan fingerprint density at radius 1 is 1.53 bits per heavy atom.